The molecular formula is C12H14ClNO3. The normalized spacial score (nSPS) is 11.9. The highest BCUT2D eigenvalue weighted by molar-refractivity contribution is 6.31. The van der Waals surface area contributed by atoms with Crippen molar-refractivity contribution in [2.45, 2.75) is 26.3 Å². The van der Waals surface area contributed by atoms with Crippen LogP contribution < -0.4 is 5.32 Å². The lowest BCUT2D eigenvalue weighted by Crippen LogP contribution is -2.41. The summed E-state index contributed by atoms with van der Waals surface area (Å²) in [6, 6.07) is 4.44. The molecule has 4 nitrogen and oxygen atoms in total. The lowest BCUT2D eigenvalue weighted by Gasteiger charge is -2.14. The zero-order chi connectivity index (χ0) is 13.0. The number of nitrogens with one attached hydrogen (secondary N) is 1. The topological polar surface area (TPSA) is 66.4 Å². The maximum absolute atomic E-state index is 11.0. The van der Waals surface area contributed by atoms with Crippen LogP contribution in [-0.2, 0) is 16.0 Å². The quantitative estimate of drug-likeness (QED) is 0.862. The van der Waals surface area contributed by atoms with Gasteiger partial charge in [-0.15, -0.1) is 0 Å². The molecule has 0 heterocycles. The minimum Gasteiger partial charge on any atom is -0.480 e. The number of carbonyl (C=O) groups is 2. The fourth-order valence-electron chi connectivity index (χ4n) is 1.48. The van der Waals surface area contributed by atoms with Gasteiger partial charge in [0.15, 0.2) is 0 Å². The van der Waals surface area contributed by atoms with Crippen molar-refractivity contribution in [1.82, 2.24) is 5.32 Å². The maximum Gasteiger partial charge on any atom is 0.326 e. The summed E-state index contributed by atoms with van der Waals surface area (Å²) in [7, 11) is 0. The lowest BCUT2D eigenvalue weighted by molar-refractivity contribution is -0.141. The Balaban J connectivity index is 2.86. The molecule has 0 aliphatic rings. The van der Waals surface area contributed by atoms with E-state index >= 15 is 0 Å². The van der Waals surface area contributed by atoms with Crippen molar-refractivity contribution in [2.24, 2.45) is 0 Å². The van der Waals surface area contributed by atoms with Crippen LogP contribution in [0.2, 0.25) is 5.02 Å². The van der Waals surface area contributed by atoms with E-state index in [1.165, 1.54) is 6.92 Å². The van der Waals surface area contributed by atoms with E-state index in [9.17, 15) is 9.59 Å². The first-order chi connectivity index (χ1) is 7.90. The average molecular weight is 256 g/mol. The van der Waals surface area contributed by atoms with E-state index in [0.29, 0.717) is 10.6 Å². The molecular weight excluding hydrogens is 242 g/mol. The van der Waals surface area contributed by atoms with Gasteiger partial charge in [0.2, 0.25) is 5.91 Å². The SMILES string of the molecule is CC(=O)NC(Cc1ccc(C)cc1Cl)C(=O)O. The highest BCUT2D eigenvalue weighted by Gasteiger charge is 2.19. The van der Waals surface area contributed by atoms with E-state index in [-0.39, 0.29) is 12.3 Å². The molecule has 1 aromatic carbocycles. The Kier molecular flexibility index (Phi) is 4.52. The first-order valence-corrected chi connectivity index (χ1v) is 5.53. The van der Waals surface area contributed by atoms with Crippen LogP contribution in [0.3, 0.4) is 0 Å². The number of benzene rings is 1. The van der Waals surface area contributed by atoms with Gasteiger partial charge in [0, 0.05) is 18.4 Å². The number of carboxylic acid groups (broad SMARTS) is 1. The predicted octanol–water partition coefficient (Wildman–Crippen LogP) is 1.78. The Morgan fingerprint density at radius 2 is 2.12 bits per heavy atom. The van der Waals surface area contributed by atoms with Gasteiger partial charge >= 0.3 is 5.97 Å². The molecule has 17 heavy (non-hydrogen) atoms. The highest BCUT2D eigenvalue weighted by atomic mass is 35.5. The molecule has 1 amide bonds. The third kappa shape index (κ3) is 4.07. The van der Waals surface area contributed by atoms with Gasteiger partial charge in [0.1, 0.15) is 6.04 Å². The molecule has 0 fully saturated rings. The number of aryl methyl sites for hydroxylation is 1. The highest BCUT2D eigenvalue weighted by Crippen LogP contribution is 2.19. The number of carboxylic acids is 1. The summed E-state index contributed by atoms with van der Waals surface area (Å²) >= 11 is 6.01. The molecule has 0 saturated carbocycles. The molecule has 0 aliphatic carbocycles. The number of aliphatic carboxylic acids is 1. The van der Waals surface area contributed by atoms with Gasteiger partial charge in [0.05, 0.1) is 0 Å². The van der Waals surface area contributed by atoms with Crippen molar-refractivity contribution >= 4 is 23.5 Å². The van der Waals surface area contributed by atoms with Gasteiger partial charge in [-0.1, -0.05) is 23.7 Å². The van der Waals surface area contributed by atoms with Crippen LogP contribution in [0.4, 0.5) is 0 Å². The summed E-state index contributed by atoms with van der Waals surface area (Å²) in [5.74, 6) is -1.45. The second-order valence-corrected chi connectivity index (χ2v) is 4.30. The van der Waals surface area contributed by atoms with Gasteiger partial charge in [-0.2, -0.15) is 0 Å². The Bertz CT molecular complexity index is 445. The number of amides is 1. The summed E-state index contributed by atoms with van der Waals surface area (Å²) in [6.45, 7) is 3.19. The molecule has 1 atom stereocenters. The number of hydrogen-bond donors (Lipinski definition) is 2. The largest absolute Gasteiger partial charge is 0.480 e. The summed E-state index contributed by atoms with van der Waals surface area (Å²) in [6.07, 6.45) is 0.175. The van der Waals surface area contributed by atoms with Crippen LogP contribution in [0.1, 0.15) is 18.1 Å². The second kappa shape index (κ2) is 5.68. The van der Waals surface area contributed by atoms with E-state index in [1.807, 2.05) is 13.0 Å². The molecule has 2 N–H and O–H groups in total. The second-order valence-electron chi connectivity index (χ2n) is 3.89. The molecule has 0 spiro atoms. The van der Waals surface area contributed by atoms with Crippen molar-refractivity contribution in [3.05, 3.63) is 34.3 Å². The number of halogens is 1. The zero-order valence-corrected chi connectivity index (χ0v) is 10.4. The van der Waals surface area contributed by atoms with E-state index in [4.69, 9.17) is 16.7 Å². The lowest BCUT2D eigenvalue weighted by atomic mass is 10.0. The maximum atomic E-state index is 11.0. The summed E-state index contributed by atoms with van der Waals surface area (Å²) < 4.78 is 0. The molecule has 0 aromatic heterocycles. The van der Waals surface area contributed by atoms with Gasteiger partial charge in [-0.3, -0.25) is 4.79 Å². The van der Waals surface area contributed by atoms with Crippen LogP contribution in [0.25, 0.3) is 0 Å². The van der Waals surface area contributed by atoms with Gasteiger partial charge < -0.3 is 10.4 Å². The monoisotopic (exact) mass is 255 g/mol. The number of hydrogen-bond acceptors (Lipinski definition) is 2. The minimum absolute atomic E-state index is 0.175. The summed E-state index contributed by atoms with van der Waals surface area (Å²) in [5.41, 5.74) is 1.71. The Morgan fingerprint density at radius 1 is 1.47 bits per heavy atom. The molecule has 1 unspecified atom stereocenters. The standard InChI is InChI=1S/C12H14ClNO3/c1-7-3-4-9(10(13)5-7)6-11(12(16)17)14-8(2)15/h3-5,11H,6H2,1-2H3,(H,14,15)(H,16,17). The molecule has 5 heteroatoms. The van der Waals surface area contributed by atoms with E-state index in [1.54, 1.807) is 12.1 Å². The van der Waals surface area contributed by atoms with Crippen molar-refractivity contribution in [3.63, 3.8) is 0 Å². The van der Waals surface area contributed by atoms with Crippen LogP contribution in [0.15, 0.2) is 18.2 Å². The molecule has 1 rings (SSSR count). The van der Waals surface area contributed by atoms with Crippen molar-refractivity contribution < 1.29 is 14.7 Å². The van der Waals surface area contributed by atoms with Gasteiger partial charge in [-0.05, 0) is 24.1 Å². The molecule has 1 aromatic rings. The third-order valence-electron chi connectivity index (χ3n) is 2.31. The molecule has 0 aliphatic heterocycles. The van der Waals surface area contributed by atoms with Crippen LogP contribution in [0, 0.1) is 6.92 Å². The first kappa shape index (κ1) is 13.5. The fourth-order valence-corrected chi connectivity index (χ4v) is 1.80. The number of carbonyl (C=O) groups excluding carboxylic acids is 1. The van der Waals surface area contributed by atoms with Crippen molar-refractivity contribution in [1.29, 1.82) is 0 Å². The zero-order valence-electron chi connectivity index (χ0n) is 9.66. The molecule has 0 bridgehead atoms. The Labute approximate surface area is 105 Å². The molecule has 0 radical (unpaired) electrons. The van der Waals surface area contributed by atoms with Crippen molar-refractivity contribution in [2.75, 3.05) is 0 Å². The average Bonchev–Trinajstić information content (AvgIpc) is 2.19. The van der Waals surface area contributed by atoms with Gasteiger partial charge in [0.25, 0.3) is 0 Å². The summed E-state index contributed by atoms with van der Waals surface area (Å²) in [5, 5.41) is 11.9. The minimum atomic E-state index is -1.07. The first-order valence-electron chi connectivity index (χ1n) is 5.15. The third-order valence-corrected chi connectivity index (χ3v) is 2.66. The van der Waals surface area contributed by atoms with E-state index in [2.05, 4.69) is 5.32 Å². The Hall–Kier alpha value is -1.55. The van der Waals surface area contributed by atoms with Crippen LogP contribution in [-0.4, -0.2) is 23.0 Å². The van der Waals surface area contributed by atoms with Gasteiger partial charge in [-0.25, -0.2) is 4.79 Å². The van der Waals surface area contributed by atoms with Crippen LogP contribution >= 0.6 is 11.6 Å². The summed E-state index contributed by atoms with van der Waals surface area (Å²) in [4.78, 5) is 21.8. The van der Waals surface area contributed by atoms with Crippen molar-refractivity contribution in [3.8, 4) is 0 Å². The van der Waals surface area contributed by atoms with E-state index < -0.39 is 12.0 Å². The van der Waals surface area contributed by atoms with Crippen LogP contribution in [0.5, 0.6) is 0 Å². The Morgan fingerprint density at radius 3 is 2.59 bits per heavy atom. The fraction of sp³-hybridized carbons (Fsp3) is 0.333. The van der Waals surface area contributed by atoms with E-state index in [0.717, 1.165) is 5.56 Å². The number of rotatable bonds is 4. The molecule has 92 valence electrons. The molecule has 0 saturated heterocycles. The smallest absolute Gasteiger partial charge is 0.326 e. The predicted molar refractivity (Wildman–Crippen MR) is 65.1 cm³/mol.